The molecule has 9 heteroatoms. The molecule has 0 radical (unpaired) electrons. The van der Waals surface area contributed by atoms with E-state index in [0.717, 1.165) is 44.9 Å². The minimum atomic E-state index is -0.798. The van der Waals surface area contributed by atoms with Crippen molar-refractivity contribution in [1.29, 1.82) is 0 Å². The van der Waals surface area contributed by atoms with E-state index in [1.165, 1.54) is 4.90 Å². The van der Waals surface area contributed by atoms with E-state index >= 15 is 0 Å². The van der Waals surface area contributed by atoms with Gasteiger partial charge in [-0.2, -0.15) is 5.10 Å². The van der Waals surface area contributed by atoms with E-state index in [4.69, 9.17) is 0 Å². The average Bonchev–Trinajstić information content (AvgIpc) is 2.88. The molecule has 1 aromatic carbocycles. The predicted molar refractivity (Wildman–Crippen MR) is 141 cm³/mol. The highest BCUT2D eigenvalue weighted by Gasteiger charge is 2.41. The Bertz CT molecular complexity index is 1120. The number of hydrazone groups is 1. The second kappa shape index (κ2) is 11.5. The topological polar surface area (TPSA) is 123 Å². The highest BCUT2D eigenvalue weighted by Crippen LogP contribution is 2.42. The van der Waals surface area contributed by atoms with Crippen molar-refractivity contribution in [1.82, 2.24) is 9.80 Å². The van der Waals surface area contributed by atoms with Crippen molar-refractivity contribution in [2.45, 2.75) is 76.7 Å². The van der Waals surface area contributed by atoms with Gasteiger partial charge in [-0.1, -0.05) is 37.8 Å². The summed E-state index contributed by atoms with van der Waals surface area (Å²) in [6, 6.07) is 5.16. The van der Waals surface area contributed by atoms with Crippen molar-refractivity contribution in [2.24, 2.45) is 11.0 Å². The molecule has 9 nitrogen and oxygen atoms in total. The Balaban J connectivity index is 1.64. The molecule has 2 unspecified atom stereocenters. The molecule has 3 N–H and O–H groups in total. The van der Waals surface area contributed by atoms with Gasteiger partial charge in [0.2, 0.25) is 0 Å². The number of nitrogens with zero attached hydrogens (tertiary/aromatic N) is 3. The molecule has 2 saturated carbocycles. The van der Waals surface area contributed by atoms with Gasteiger partial charge in [0.1, 0.15) is 5.75 Å². The number of anilines is 1. The molecular formula is C28H38N4O5. The van der Waals surface area contributed by atoms with Gasteiger partial charge < -0.3 is 15.1 Å². The van der Waals surface area contributed by atoms with Crippen LogP contribution in [0.15, 0.2) is 34.4 Å². The minimum Gasteiger partial charge on any atom is -0.505 e. The highest BCUT2D eigenvalue weighted by molar-refractivity contribution is 6.50. The van der Waals surface area contributed by atoms with Gasteiger partial charge >= 0.3 is 5.97 Å². The first kappa shape index (κ1) is 26.9. The van der Waals surface area contributed by atoms with Crippen LogP contribution in [0.5, 0.6) is 5.75 Å². The maximum absolute atomic E-state index is 13.6. The summed E-state index contributed by atoms with van der Waals surface area (Å²) < 4.78 is 0. The van der Waals surface area contributed by atoms with E-state index in [1.807, 2.05) is 25.1 Å². The van der Waals surface area contributed by atoms with Crippen LogP contribution in [0, 0.1) is 5.92 Å². The van der Waals surface area contributed by atoms with E-state index in [0.29, 0.717) is 41.8 Å². The van der Waals surface area contributed by atoms with Crippen molar-refractivity contribution < 1.29 is 24.6 Å². The van der Waals surface area contributed by atoms with Crippen molar-refractivity contribution in [3.8, 4) is 5.75 Å². The summed E-state index contributed by atoms with van der Waals surface area (Å²) in [4.78, 5) is 41.8. The molecule has 1 aliphatic heterocycles. The fraction of sp³-hybridized carbons (Fsp3) is 0.571. The van der Waals surface area contributed by atoms with Gasteiger partial charge in [-0.25, -0.2) is 0 Å². The number of hydrogen-bond donors (Lipinski definition) is 3. The monoisotopic (exact) mass is 510 g/mol. The number of hydrogen-bond acceptors (Lipinski definition) is 7. The number of nitrogens with one attached hydrogen (secondary N) is 1. The molecule has 2 amide bonds. The Labute approximate surface area is 218 Å². The van der Waals surface area contributed by atoms with Gasteiger partial charge in [-0.05, 0) is 76.2 Å². The summed E-state index contributed by atoms with van der Waals surface area (Å²) in [5.74, 6) is -1.90. The second-order valence-electron chi connectivity index (χ2n) is 10.8. The van der Waals surface area contributed by atoms with Crippen LogP contribution in [0.1, 0.15) is 76.2 Å². The van der Waals surface area contributed by atoms with Gasteiger partial charge in [-0.15, -0.1) is 0 Å². The summed E-state index contributed by atoms with van der Waals surface area (Å²) in [6.45, 7) is 2.14. The Hall–Kier alpha value is -3.20. The van der Waals surface area contributed by atoms with Gasteiger partial charge in [0.05, 0.1) is 11.6 Å². The van der Waals surface area contributed by atoms with Gasteiger partial charge in [-0.3, -0.25) is 24.7 Å². The molecule has 37 heavy (non-hydrogen) atoms. The largest absolute Gasteiger partial charge is 0.505 e. The number of benzene rings is 1. The molecule has 200 valence electrons. The SMILES string of the molecule is CC1=C(CN(C)C)C(=O)N(C2CCCCC2)C(=O)/C1=N/Nc1cccc(C2CCCC(C(=O)O)C2)c1O. The van der Waals surface area contributed by atoms with Crippen molar-refractivity contribution in [2.75, 3.05) is 26.1 Å². The number of carbonyl (C=O) groups excluding carboxylic acids is 2. The molecule has 0 bridgehead atoms. The summed E-state index contributed by atoms with van der Waals surface area (Å²) in [6.07, 6.45) is 7.41. The van der Waals surface area contributed by atoms with E-state index < -0.39 is 17.8 Å². The molecule has 0 saturated heterocycles. The Morgan fingerprint density at radius 1 is 1.08 bits per heavy atom. The number of likely N-dealkylation sites (N-methyl/N-ethyl adjacent to an activating group) is 1. The summed E-state index contributed by atoms with van der Waals surface area (Å²) in [7, 11) is 3.77. The fourth-order valence-electron chi connectivity index (χ4n) is 5.91. The number of carbonyl (C=O) groups is 3. The quantitative estimate of drug-likeness (QED) is 0.287. The molecule has 1 aromatic rings. The predicted octanol–water partition coefficient (Wildman–Crippen LogP) is 4.10. The molecule has 3 aliphatic rings. The lowest BCUT2D eigenvalue weighted by atomic mass is 9.77. The molecule has 2 fully saturated rings. The van der Waals surface area contributed by atoms with Crippen LogP contribution < -0.4 is 5.43 Å². The fourth-order valence-corrected chi connectivity index (χ4v) is 5.91. The summed E-state index contributed by atoms with van der Waals surface area (Å²) >= 11 is 0. The first-order chi connectivity index (χ1) is 17.7. The smallest absolute Gasteiger partial charge is 0.306 e. The molecule has 0 aromatic heterocycles. The zero-order chi connectivity index (χ0) is 26.7. The number of phenols is 1. The normalized spacial score (nSPS) is 24.8. The van der Waals surface area contributed by atoms with E-state index in [-0.39, 0.29) is 29.3 Å². The standard InChI is InChI=1S/C28H38N4O5/c1-17-22(16-31(2)3)26(34)32(20-11-5-4-6-12-20)27(35)24(17)30-29-23-14-8-13-21(25(23)33)18-9-7-10-19(15-18)28(36)37/h8,13-14,18-20,29,33H,4-7,9-12,15-16H2,1-3H3,(H,36,37)/b30-24+. The molecule has 4 rings (SSSR count). The lowest BCUT2D eigenvalue weighted by molar-refractivity contribution is -0.144. The number of aromatic hydroxyl groups is 1. The zero-order valence-corrected chi connectivity index (χ0v) is 22.0. The highest BCUT2D eigenvalue weighted by atomic mass is 16.4. The third-order valence-corrected chi connectivity index (χ3v) is 7.94. The number of carboxylic acids is 1. The number of carboxylic acid groups (broad SMARTS) is 1. The number of imide groups is 1. The van der Waals surface area contributed by atoms with Crippen LogP contribution in [-0.2, 0) is 14.4 Å². The Kier molecular flexibility index (Phi) is 8.32. The lowest BCUT2D eigenvalue weighted by Crippen LogP contribution is -2.53. The third kappa shape index (κ3) is 5.71. The maximum Gasteiger partial charge on any atom is 0.306 e. The van der Waals surface area contributed by atoms with E-state index in [2.05, 4.69) is 10.5 Å². The Morgan fingerprint density at radius 3 is 2.49 bits per heavy atom. The molecule has 0 spiro atoms. The van der Waals surface area contributed by atoms with Crippen LogP contribution in [0.3, 0.4) is 0 Å². The number of aliphatic carboxylic acids is 1. The molecule has 2 aliphatic carbocycles. The first-order valence-electron chi connectivity index (χ1n) is 13.3. The maximum atomic E-state index is 13.6. The lowest BCUT2D eigenvalue weighted by Gasteiger charge is -2.37. The number of rotatable bonds is 7. The van der Waals surface area contributed by atoms with Crippen LogP contribution >= 0.6 is 0 Å². The van der Waals surface area contributed by atoms with Crippen LogP contribution in [-0.4, -0.2) is 70.2 Å². The molecular weight excluding hydrogens is 472 g/mol. The third-order valence-electron chi connectivity index (χ3n) is 7.94. The summed E-state index contributed by atoms with van der Waals surface area (Å²) in [5, 5.41) is 24.9. The van der Waals surface area contributed by atoms with Gasteiger partial charge in [0.25, 0.3) is 11.8 Å². The second-order valence-corrected chi connectivity index (χ2v) is 10.8. The number of phenolic OH excluding ortho intramolecular Hbond substituents is 1. The van der Waals surface area contributed by atoms with Gasteiger partial charge in [0, 0.05) is 18.2 Å². The number of amides is 2. The number of para-hydroxylation sites is 1. The average molecular weight is 511 g/mol. The van der Waals surface area contributed by atoms with Crippen molar-refractivity contribution >= 4 is 29.2 Å². The van der Waals surface area contributed by atoms with Crippen LogP contribution in [0.4, 0.5) is 5.69 Å². The zero-order valence-electron chi connectivity index (χ0n) is 22.0. The minimum absolute atomic E-state index is 0.0153. The van der Waals surface area contributed by atoms with Crippen LogP contribution in [0.25, 0.3) is 0 Å². The summed E-state index contributed by atoms with van der Waals surface area (Å²) in [5.41, 5.74) is 5.18. The molecule has 2 atom stereocenters. The molecule has 1 heterocycles. The van der Waals surface area contributed by atoms with E-state index in [1.54, 1.807) is 19.1 Å². The van der Waals surface area contributed by atoms with Crippen molar-refractivity contribution in [3.63, 3.8) is 0 Å². The van der Waals surface area contributed by atoms with Crippen LogP contribution in [0.2, 0.25) is 0 Å². The van der Waals surface area contributed by atoms with Gasteiger partial charge in [0.15, 0.2) is 5.71 Å². The van der Waals surface area contributed by atoms with Crippen molar-refractivity contribution in [3.05, 3.63) is 34.9 Å². The first-order valence-corrected chi connectivity index (χ1v) is 13.3. The Morgan fingerprint density at radius 2 is 1.81 bits per heavy atom. The van der Waals surface area contributed by atoms with E-state index in [9.17, 15) is 24.6 Å².